The summed E-state index contributed by atoms with van der Waals surface area (Å²) in [4.78, 5) is 25.8. The highest BCUT2D eigenvalue weighted by Crippen LogP contribution is 2.41. The summed E-state index contributed by atoms with van der Waals surface area (Å²) in [5.74, 6) is 1.76. The van der Waals surface area contributed by atoms with Crippen LogP contribution in [0.15, 0.2) is 24.3 Å². The average Bonchev–Trinajstić information content (AvgIpc) is 2.64. The molecule has 28 heavy (non-hydrogen) atoms. The van der Waals surface area contributed by atoms with Crippen molar-refractivity contribution >= 4 is 24.2 Å². The van der Waals surface area contributed by atoms with Crippen LogP contribution in [0.1, 0.15) is 37.7 Å². The van der Waals surface area contributed by atoms with Gasteiger partial charge in [0.1, 0.15) is 5.75 Å². The first-order valence-corrected chi connectivity index (χ1v) is 9.89. The molecule has 0 spiro atoms. The van der Waals surface area contributed by atoms with E-state index in [1.165, 1.54) is 11.3 Å². The second kappa shape index (κ2) is 10.1. The molecule has 0 saturated heterocycles. The van der Waals surface area contributed by atoms with Gasteiger partial charge in [-0.2, -0.15) is 0 Å². The second-order valence-electron chi connectivity index (χ2n) is 8.14. The molecule has 0 aromatic heterocycles. The summed E-state index contributed by atoms with van der Waals surface area (Å²) in [5, 5.41) is 3.07. The number of nitrogens with one attached hydrogen (secondary N) is 1. The van der Waals surface area contributed by atoms with Gasteiger partial charge in [0.15, 0.2) is 6.61 Å². The molecule has 0 aliphatic heterocycles. The van der Waals surface area contributed by atoms with E-state index in [1.807, 2.05) is 24.3 Å². The number of amides is 2. The Morgan fingerprint density at radius 3 is 2.54 bits per heavy atom. The molecule has 2 bridgehead atoms. The van der Waals surface area contributed by atoms with Crippen molar-refractivity contribution in [2.45, 2.75) is 44.7 Å². The van der Waals surface area contributed by atoms with Crippen molar-refractivity contribution in [1.82, 2.24) is 10.2 Å². The predicted molar refractivity (Wildman–Crippen MR) is 111 cm³/mol. The maximum atomic E-state index is 12.7. The molecular formula is C21H32ClN3O3. The van der Waals surface area contributed by atoms with Gasteiger partial charge in [0.05, 0.1) is 0 Å². The molecule has 2 unspecified atom stereocenters. The lowest BCUT2D eigenvalue weighted by molar-refractivity contribution is -0.130. The number of ether oxygens (including phenoxy) is 1. The number of likely N-dealkylation sites (N-methyl/N-ethyl adjacent to an activating group) is 1. The van der Waals surface area contributed by atoms with Gasteiger partial charge in [-0.3, -0.25) is 9.59 Å². The first kappa shape index (κ1) is 22.5. The number of nitrogens with two attached hydrogens (primary N) is 1. The first-order valence-electron chi connectivity index (χ1n) is 9.89. The van der Waals surface area contributed by atoms with E-state index in [-0.39, 0.29) is 42.8 Å². The zero-order valence-electron chi connectivity index (χ0n) is 16.7. The van der Waals surface area contributed by atoms with E-state index in [1.54, 1.807) is 14.1 Å². The van der Waals surface area contributed by atoms with Crippen molar-refractivity contribution in [3.63, 3.8) is 0 Å². The van der Waals surface area contributed by atoms with E-state index in [0.29, 0.717) is 24.1 Å². The molecular weight excluding hydrogens is 378 g/mol. The van der Waals surface area contributed by atoms with Gasteiger partial charge in [-0.05, 0) is 55.2 Å². The molecule has 2 saturated carbocycles. The first-order chi connectivity index (χ1) is 12.9. The number of carbonyl (C=O) groups is 2. The molecule has 2 amide bonds. The second-order valence-corrected chi connectivity index (χ2v) is 8.14. The Balaban J connectivity index is 0.00000280. The molecule has 0 heterocycles. The number of hydrogen-bond donors (Lipinski definition) is 2. The number of halogens is 1. The van der Waals surface area contributed by atoms with Crippen LogP contribution in [0.25, 0.3) is 0 Å². The summed E-state index contributed by atoms with van der Waals surface area (Å²) in [6.07, 6.45) is 5.40. The molecule has 2 aliphatic rings. The summed E-state index contributed by atoms with van der Waals surface area (Å²) in [7, 11) is 3.40. The molecule has 2 atom stereocenters. The largest absolute Gasteiger partial charge is 0.484 e. The van der Waals surface area contributed by atoms with Gasteiger partial charge in [-0.25, -0.2) is 0 Å². The van der Waals surface area contributed by atoms with E-state index in [9.17, 15) is 9.59 Å². The third-order valence-corrected chi connectivity index (χ3v) is 6.01. The molecule has 1 aromatic rings. The number of hydrogen-bond acceptors (Lipinski definition) is 4. The van der Waals surface area contributed by atoms with E-state index in [2.05, 4.69) is 5.32 Å². The number of rotatable bonds is 6. The average molecular weight is 410 g/mol. The third kappa shape index (κ3) is 5.61. The van der Waals surface area contributed by atoms with Crippen LogP contribution in [0, 0.1) is 17.8 Å². The molecule has 7 heteroatoms. The van der Waals surface area contributed by atoms with Gasteiger partial charge in [0, 0.05) is 32.6 Å². The Morgan fingerprint density at radius 2 is 1.89 bits per heavy atom. The normalized spacial score (nSPS) is 26.0. The smallest absolute Gasteiger partial charge is 0.259 e. The molecule has 2 fully saturated rings. The van der Waals surface area contributed by atoms with Crippen LogP contribution in [0.2, 0.25) is 0 Å². The molecule has 2 aliphatic carbocycles. The van der Waals surface area contributed by atoms with Crippen molar-refractivity contribution in [2.75, 3.05) is 20.7 Å². The van der Waals surface area contributed by atoms with E-state index in [4.69, 9.17) is 10.5 Å². The molecule has 6 nitrogen and oxygen atoms in total. The quantitative estimate of drug-likeness (QED) is 0.755. The minimum absolute atomic E-state index is 0. The monoisotopic (exact) mass is 409 g/mol. The number of carbonyl (C=O) groups excluding carboxylic acids is 2. The molecule has 3 rings (SSSR count). The van der Waals surface area contributed by atoms with Gasteiger partial charge in [0.25, 0.3) is 5.91 Å². The van der Waals surface area contributed by atoms with Crippen molar-refractivity contribution in [3.8, 4) is 5.75 Å². The number of nitrogens with zero attached hydrogens (tertiary/aromatic N) is 1. The summed E-state index contributed by atoms with van der Waals surface area (Å²) in [5.41, 5.74) is 7.29. The zero-order valence-corrected chi connectivity index (χ0v) is 17.5. The SMILES string of the molecule is CN(C)C(=O)COc1cccc(CNC(=O)C2CC3CCCC(C2)C3N)c1.Cl. The predicted octanol–water partition coefficient (Wildman–Crippen LogP) is 2.35. The van der Waals surface area contributed by atoms with Gasteiger partial charge >= 0.3 is 0 Å². The van der Waals surface area contributed by atoms with Crippen molar-refractivity contribution < 1.29 is 14.3 Å². The minimum Gasteiger partial charge on any atom is -0.484 e. The van der Waals surface area contributed by atoms with Gasteiger partial charge in [-0.15, -0.1) is 12.4 Å². The topological polar surface area (TPSA) is 84.7 Å². The fourth-order valence-electron chi connectivity index (χ4n) is 4.36. The maximum absolute atomic E-state index is 12.7. The summed E-state index contributed by atoms with van der Waals surface area (Å²) < 4.78 is 5.54. The highest BCUT2D eigenvalue weighted by Gasteiger charge is 2.40. The van der Waals surface area contributed by atoms with E-state index >= 15 is 0 Å². The van der Waals surface area contributed by atoms with Crippen LogP contribution in [0.5, 0.6) is 5.75 Å². The highest BCUT2D eigenvalue weighted by atomic mass is 35.5. The maximum Gasteiger partial charge on any atom is 0.259 e. The van der Waals surface area contributed by atoms with Crippen LogP contribution in [0.4, 0.5) is 0 Å². The third-order valence-electron chi connectivity index (χ3n) is 6.01. The van der Waals surface area contributed by atoms with Crippen LogP contribution in [-0.2, 0) is 16.1 Å². The van der Waals surface area contributed by atoms with Crippen LogP contribution in [-0.4, -0.2) is 43.5 Å². The summed E-state index contributed by atoms with van der Waals surface area (Å²) in [6.45, 7) is 0.476. The summed E-state index contributed by atoms with van der Waals surface area (Å²) >= 11 is 0. The highest BCUT2D eigenvalue weighted by molar-refractivity contribution is 5.85. The molecule has 0 radical (unpaired) electrons. The van der Waals surface area contributed by atoms with Gasteiger partial charge in [0.2, 0.25) is 5.91 Å². The fraction of sp³-hybridized carbons (Fsp3) is 0.619. The zero-order chi connectivity index (χ0) is 19.4. The number of benzene rings is 1. The minimum atomic E-state index is -0.0882. The lowest BCUT2D eigenvalue weighted by Crippen LogP contribution is -2.49. The van der Waals surface area contributed by atoms with Crippen molar-refractivity contribution in [2.24, 2.45) is 23.5 Å². The molecule has 156 valence electrons. The van der Waals surface area contributed by atoms with Crippen molar-refractivity contribution in [1.29, 1.82) is 0 Å². The van der Waals surface area contributed by atoms with Crippen LogP contribution in [0.3, 0.4) is 0 Å². The van der Waals surface area contributed by atoms with E-state index < -0.39 is 0 Å². The van der Waals surface area contributed by atoms with Crippen LogP contribution < -0.4 is 15.8 Å². The lowest BCUT2D eigenvalue weighted by atomic mass is 9.65. The Labute approximate surface area is 173 Å². The fourth-order valence-corrected chi connectivity index (χ4v) is 4.36. The van der Waals surface area contributed by atoms with Crippen LogP contribution >= 0.6 is 12.4 Å². The van der Waals surface area contributed by atoms with Gasteiger partial charge < -0.3 is 20.7 Å². The number of fused-ring (bicyclic) bond motifs is 2. The Kier molecular flexibility index (Phi) is 8.13. The Bertz CT molecular complexity index is 669. The molecule has 3 N–H and O–H groups in total. The Hall–Kier alpha value is -1.79. The van der Waals surface area contributed by atoms with Gasteiger partial charge in [-0.1, -0.05) is 18.6 Å². The summed E-state index contributed by atoms with van der Waals surface area (Å²) in [6, 6.07) is 7.79. The molecule has 1 aromatic carbocycles. The lowest BCUT2D eigenvalue weighted by Gasteiger charge is -2.43. The van der Waals surface area contributed by atoms with Crippen molar-refractivity contribution in [3.05, 3.63) is 29.8 Å². The Morgan fingerprint density at radius 1 is 1.21 bits per heavy atom. The van der Waals surface area contributed by atoms with E-state index in [0.717, 1.165) is 31.2 Å². The standard InChI is InChI=1S/C21H31N3O3.ClH/c1-24(2)19(25)13-27-18-8-3-5-14(9-18)12-23-21(26)17-10-15-6-4-7-16(11-17)20(15)22;/h3,5,8-9,15-17,20H,4,6-7,10-13,22H2,1-2H3,(H,23,26);1H.